The summed E-state index contributed by atoms with van der Waals surface area (Å²) in [6.07, 6.45) is 6.40. The van der Waals surface area contributed by atoms with E-state index in [-0.39, 0.29) is 23.7 Å². The van der Waals surface area contributed by atoms with Crippen LogP contribution in [0.5, 0.6) is 0 Å². The van der Waals surface area contributed by atoms with Gasteiger partial charge in [-0.2, -0.15) is 0 Å². The molecule has 1 saturated carbocycles. The van der Waals surface area contributed by atoms with Crippen molar-refractivity contribution in [2.75, 3.05) is 5.32 Å². The molecule has 0 aliphatic heterocycles. The zero-order chi connectivity index (χ0) is 21.1. The number of anilines is 1. The maximum atomic E-state index is 12.9. The van der Waals surface area contributed by atoms with Gasteiger partial charge in [-0.3, -0.25) is 4.79 Å². The summed E-state index contributed by atoms with van der Waals surface area (Å²) in [5.41, 5.74) is 2.35. The monoisotopic (exact) mass is 424 g/mol. The van der Waals surface area contributed by atoms with Gasteiger partial charge in [0.15, 0.2) is 0 Å². The second-order valence-electron chi connectivity index (χ2n) is 7.71. The minimum absolute atomic E-state index is 0.0818. The predicted molar refractivity (Wildman–Crippen MR) is 119 cm³/mol. The Morgan fingerprint density at radius 2 is 2.13 bits per heavy atom. The van der Waals surface area contributed by atoms with Crippen molar-refractivity contribution in [3.63, 3.8) is 0 Å². The minimum Gasteiger partial charge on any atom is -0.393 e. The number of halogens is 1. The van der Waals surface area contributed by atoms with Gasteiger partial charge in [-0.1, -0.05) is 30.7 Å². The molecule has 0 spiro atoms. The smallest absolute Gasteiger partial charge is 0.251 e. The summed E-state index contributed by atoms with van der Waals surface area (Å²) in [6, 6.07) is 13.0. The van der Waals surface area contributed by atoms with E-state index in [4.69, 9.17) is 11.6 Å². The maximum Gasteiger partial charge on any atom is 0.251 e. The van der Waals surface area contributed by atoms with Gasteiger partial charge in [-0.05, 0) is 55.5 Å². The average molecular weight is 425 g/mol. The largest absolute Gasteiger partial charge is 0.393 e. The van der Waals surface area contributed by atoms with Crippen LogP contribution in [0.1, 0.15) is 44.2 Å². The Balaban J connectivity index is 1.59. The van der Waals surface area contributed by atoms with Crippen LogP contribution in [-0.2, 0) is 0 Å². The molecule has 156 valence electrons. The molecule has 2 heterocycles. The molecule has 3 atom stereocenters. The third kappa shape index (κ3) is 4.55. The van der Waals surface area contributed by atoms with Crippen molar-refractivity contribution < 1.29 is 5.11 Å². The number of hydrogen-bond acceptors (Lipinski definition) is 5. The van der Waals surface area contributed by atoms with Crippen LogP contribution in [0.4, 0.5) is 5.95 Å². The highest BCUT2D eigenvalue weighted by molar-refractivity contribution is 6.30. The zero-order valence-corrected chi connectivity index (χ0v) is 17.6. The number of hydrogen-bond donors (Lipinski definition) is 2. The molecule has 1 aliphatic carbocycles. The van der Waals surface area contributed by atoms with Gasteiger partial charge in [0.25, 0.3) is 5.56 Å². The number of nitrogens with one attached hydrogen (secondary N) is 1. The van der Waals surface area contributed by atoms with Crippen LogP contribution < -0.4 is 10.9 Å². The average Bonchev–Trinajstić information content (AvgIpc) is 3.14. The van der Waals surface area contributed by atoms with Crippen LogP contribution >= 0.6 is 11.6 Å². The lowest BCUT2D eigenvalue weighted by atomic mass is 10.0. The van der Waals surface area contributed by atoms with Gasteiger partial charge in [0.1, 0.15) is 0 Å². The van der Waals surface area contributed by atoms with E-state index in [1.807, 2.05) is 43.5 Å². The van der Waals surface area contributed by atoms with E-state index in [9.17, 15) is 9.90 Å². The van der Waals surface area contributed by atoms with Crippen LogP contribution in [0.3, 0.4) is 0 Å². The summed E-state index contributed by atoms with van der Waals surface area (Å²) in [5.74, 6) is 0.515. The summed E-state index contributed by atoms with van der Waals surface area (Å²) >= 11 is 6.14. The summed E-state index contributed by atoms with van der Waals surface area (Å²) in [5, 5.41) is 13.6. The van der Waals surface area contributed by atoms with E-state index in [0.717, 1.165) is 30.4 Å². The first-order valence-corrected chi connectivity index (χ1v) is 10.7. The summed E-state index contributed by atoms with van der Waals surface area (Å²) in [4.78, 5) is 21.8. The lowest BCUT2D eigenvalue weighted by Gasteiger charge is -2.19. The summed E-state index contributed by atoms with van der Waals surface area (Å²) < 4.78 is 1.73. The third-order valence-electron chi connectivity index (χ3n) is 5.59. The van der Waals surface area contributed by atoms with Crippen LogP contribution in [0.2, 0.25) is 5.02 Å². The highest BCUT2D eigenvalue weighted by atomic mass is 35.5. The molecule has 7 heteroatoms. The van der Waals surface area contributed by atoms with E-state index in [2.05, 4.69) is 15.3 Å². The Bertz CT molecular complexity index is 1080. The molecule has 1 unspecified atom stereocenters. The molecule has 30 heavy (non-hydrogen) atoms. The lowest BCUT2D eigenvalue weighted by molar-refractivity contribution is 0.182. The Morgan fingerprint density at radius 1 is 1.27 bits per heavy atom. The number of rotatable bonds is 6. The number of aromatic nitrogens is 3. The van der Waals surface area contributed by atoms with Gasteiger partial charge in [-0.25, -0.2) is 9.97 Å². The molecule has 3 aromatic rings. The minimum atomic E-state index is -0.260. The van der Waals surface area contributed by atoms with Crippen molar-refractivity contribution in [1.82, 2.24) is 14.5 Å². The van der Waals surface area contributed by atoms with Gasteiger partial charge in [-0.15, -0.1) is 0 Å². The second-order valence-corrected chi connectivity index (χ2v) is 8.15. The molecule has 6 nitrogen and oxygen atoms in total. The molecular weight excluding hydrogens is 400 g/mol. The van der Waals surface area contributed by atoms with Gasteiger partial charge in [0, 0.05) is 35.1 Å². The molecule has 0 bridgehead atoms. The number of benzene rings is 1. The van der Waals surface area contributed by atoms with E-state index in [1.165, 1.54) is 0 Å². The molecule has 2 aromatic heterocycles. The SMILES string of the molecule is CCC(c1cccc(Cl)c1)n1ccc(-c2ccnc(N[C@H]3CC[C@H](O)C3)n2)cc1=O. The fourth-order valence-corrected chi connectivity index (χ4v) is 4.27. The molecule has 2 N–H and O–H groups in total. The van der Waals surface area contributed by atoms with Gasteiger partial charge in [0.05, 0.1) is 17.8 Å². The topological polar surface area (TPSA) is 80.0 Å². The van der Waals surface area contributed by atoms with Crippen molar-refractivity contribution in [2.45, 2.75) is 50.8 Å². The van der Waals surface area contributed by atoms with Crippen LogP contribution in [0.15, 0.2) is 59.7 Å². The third-order valence-corrected chi connectivity index (χ3v) is 5.83. The predicted octanol–water partition coefficient (Wildman–Crippen LogP) is 4.28. The first-order chi connectivity index (χ1) is 14.5. The van der Waals surface area contributed by atoms with Crippen LogP contribution in [0, 0.1) is 0 Å². The number of aliphatic hydroxyl groups excluding tert-OH is 1. The zero-order valence-electron chi connectivity index (χ0n) is 16.8. The Hall–Kier alpha value is -2.70. The van der Waals surface area contributed by atoms with Gasteiger partial charge in [0.2, 0.25) is 5.95 Å². The highest BCUT2D eigenvalue weighted by Gasteiger charge is 2.23. The number of nitrogens with zero attached hydrogens (tertiary/aromatic N) is 3. The van der Waals surface area contributed by atoms with Crippen LogP contribution in [-0.4, -0.2) is 31.8 Å². The summed E-state index contributed by atoms with van der Waals surface area (Å²) in [6.45, 7) is 2.05. The van der Waals surface area contributed by atoms with E-state index in [1.54, 1.807) is 22.9 Å². The Morgan fingerprint density at radius 3 is 2.83 bits per heavy atom. The van der Waals surface area contributed by atoms with Gasteiger partial charge >= 0.3 is 0 Å². The van der Waals surface area contributed by atoms with E-state index >= 15 is 0 Å². The molecule has 1 aliphatic rings. The molecule has 0 amide bonds. The van der Waals surface area contributed by atoms with E-state index < -0.39 is 0 Å². The first kappa shape index (κ1) is 20.6. The molecule has 1 aromatic carbocycles. The first-order valence-electron chi connectivity index (χ1n) is 10.3. The quantitative estimate of drug-likeness (QED) is 0.617. The maximum absolute atomic E-state index is 12.9. The molecular formula is C23H25ClN4O2. The molecule has 0 radical (unpaired) electrons. The molecule has 4 rings (SSSR count). The highest BCUT2D eigenvalue weighted by Crippen LogP contribution is 2.25. The van der Waals surface area contributed by atoms with Crippen molar-refractivity contribution in [3.05, 3.63) is 75.8 Å². The lowest BCUT2D eigenvalue weighted by Crippen LogP contribution is -2.24. The Labute approximate surface area is 180 Å². The van der Waals surface area contributed by atoms with Crippen molar-refractivity contribution >= 4 is 17.5 Å². The van der Waals surface area contributed by atoms with E-state index in [0.29, 0.717) is 23.1 Å². The molecule has 0 saturated heterocycles. The standard InChI is InChI=1S/C23H25ClN4O2/c1-2-21(16-4-3-5-17(24)12-16)28-11-9-15(13-22(28)30)20-8-10-25-23(27-20)26-18-6-7-19(29)14-18/h3-5,8-13,18-19,21,29H,2,6-7,14H2,1H3,(H,25,26,27)/t18-,19-,21?/m0/s1. The van der Waals surface area contributed by atoms with Crippen molar-refractivity contribution in [3.8, 4) is 11.3 Å². The Kier molecular flexibility index (Phi) is 6.16. The fourth-order valence-electron chi connectivity index (χ4n) is 4.07. The van der Waals surface area contributed by atoms with Crippen LogP contribution in [0.25, 0.3) is 11.3 Å². The second kappa shape index (κ2) is 8.98. The van der Waals surface area contributed by atoms with Crippen molar-refractivity contribution in [2.24, 2.45) is 0 Å². The number of pyridine rings is 1. The normalized spacial score (nSPS) is 19.6. The fraction of sp³-hybridized carbons (Fsp3) is 0.348. The van der Waals surface area contributed by atoms with Gasteiger partial charge < -0.3 is 15.0 Å². The molecule has 1 fully saturated rings. The van der Waals surface area contributed by atoms with Crippen molar-refractivity contribution in [1.29, 1.82) is 0 Å². The summed E-state index contributed by atoms with van der Waals surface area (Å²) in [7, 11) is 0. The number of aliphatic hydroxyl groups is 1.